The molecule has 156 valence electrons. The number of para-hydroxylation sites is 2. The highest BCUT2D eigenvalue weighted by Gasteiger charge is 2.26. The summed E-state index contributed by atoms with van der Waals surface area (Å²) in [6, 6.07) is 10.2. The number of nitro groups is 1. The molecule has 0 heterocycles. The smallest absolute Gasteiger partial charge is 0.271 e. The first-order valence-electron chi connectivity index (χ1n) is 8.49. The first kappa shape index (κ1) is 22.0. The van der Waals surface area contributed by atoms with Crippen LogP contribution < -0.4 is 19.1 Å². The molecule has 0 bridgehead atoms. The van der Waals surface area contributed by atoms with Gasteiger partial charge in [0.05, 0.1) is 30.6 Å². The summed E-state index contributed by atoms with van der Waals surface area (Å²) >= 11 is 0. The lowest BCUT2D eigenvalue weighted by Gasteiger charge is -2.23. The highest BCUT2D eigenvalue weighted by atomic mass is 32.2. The van der Waals surface area contributed by atoms with Gasteiger partial charge in [0.1, 0.15) is 23.7 Å². The van der Waals surface area contributed by atoms with Gasteiger partial charge in [-0.1, -0.05) is 12.1 Å². The van der Waals surface area contributed by atoms with E-state index in [0.29, 0.717) is 18.0 Å². The Morgan fingerprint density at radius 2 is 1.90 bits per heavy atom. The number of nitrogens with one attached hydrogen (secondary N) is 1. The number of benzene rings is 2. The predicted molar refractivity (Wildman–Crippen MR) is 108 cm³/mol. The molecule has 0 unspecified atom stereocenters. The van der Waals surface area contributed by atoms with Crippen LogP contribution in [0.3, 0.4) is 0 Å². The van der Waals surface area contributed by atoms with Crippen LogP contribution in [0.25, 0.3) is 0 Å². The first-order valence-corrected chi connectivity index (χ1v) is 10.3. The Labute approximate surface area is 168 Å². The van der Waals surface area contributed by atoms with E-state index in [1.165, 1.54) is 19.2 Å². The molecule has 2 aromatic carbocycles. The van der Waals surface area contributed by atoms with Crippen molar-refractivity contribution >= 4 is 33.0 Å². The van der Waals surface area contributed by atoms with Crippen molar-refractivity contribution in [1.82, 2.24) is 0 Å². The van der Waals surface area contributed by atoms with E-state index in [2.05, 4.69) is 5.32 Å². The summed E-state index contributed by atoms with van der Waals surface area (Å²) in [4.78, 5) is 23.0. The van der Waals surface area contributed by atoms with Crippen molar-refractivity contribution in [1.29, 1.82) is 0 Å². The van der Waals surface area contributed by atoms with Crippen molar-refractivity contribution in [2.45, 2.75) is 6.92 Å². The summed E-state index contributed by atoms with van der Waals surface area (Å²) in [5.41, 5.74) is -0.0761. The van der Waals surface area contributed by atoms with Gasteiger partial charge in [0.15, 0.2) is 0 Å². The van der Waals surface area contributed by atoms with Crippen LogP contribution in [0.5, 0.6) is 11.5 Å². The van der Waals surface area contributed by atoms with E-state index >= 15 is 0 Å². The second-order valence-corrected chi connectivity index (χ2v) is 7.77. The Hall–Kier alpha value is -3.34. The maximum Gasteiger partial charge on any atom is 0.271 e. The minimum Gasteiger partial charge on any atom is -0.495 e. The van der Waals surface area contributed by atoms with E-state index in [4.69, 9.17) is 9.47 Å². The normalized spacial score (nSPS) is 10.9. The number of methoxy groups -OCH3 is 1. The number of hydrogen-bond donors (Lipinski definition) is 1. The first-order chi connectivity index (χ1) is 13.7. The Kier molecular flexibility index (Phi) is 6.99. The third-order valence-corrected chi connectivity index (χ3v) is 4.92. The molecule has 1 amide bonds. The molecule has 2 rings (SSSR count). The fourth-order valence-corrected chi connectivity index (χ4v) is 3.39. The number of nitrogens with zero attached hydrogens (tertiary/aromatic N) is 2. The van der Waals surface area contributed by atoms with Crippen molar-refractivity contribution in [3.8, 4) is 11.5 Å². The van der Waals surface area contributed by atoms with Gasteiger partial charge in [0.2, 0.25) is 15.9 Å². The zero-order chi connectivity index (χ0) is 21.6. The predicted octanol–water partition coefficient (Wildman–Crippen LogP) is 2.41. The minimum atomic E-state index is -3.96. The van der Waals surface area contributed by atoms with Crippen LogP contribution in [0.2, 0.25) is 0 Å². The van der Waals surface area contributed by atoms with Gasteiger partial charge in [-0.05, 0) is 25.1 Å². The highest BCUT2D eigenvalue weighted by Crippen LogP contribution is 2.33. The van der Waals surface area contributed by atoms with Crippen LogP contribution in [0.15, 0.2) is 42.5 Å². The standard InChI is InChI=1S/C18H21N3O7S/c1-4-28-16-8-6-5-7-14(16)19-18(22)12-20(29(3,25)26)15-11-13(21(23)24)9-10-17(15)27-2/h5-11H,4,12H2,1-3H3,(H,19,22). The number of rotatable bonds is 9. The Morgan fingerprint density at radius 1 is 1.21 bits per heavy atom. The number of nitro benzene ring substituents is 1. The summed E-state index contributed by atoms with van der Waals surface area (Å²) in [5.74, 6) is -0.151. The van der Waals surface area contributed by atoms with Gasteiger partial charge in [-0.25, -0.2) is 8.42 Å². The van der Waals surface area contributed by atoms with Crippen LogP contribution in [0, 0.1) is 10.1 Å². The number of non-ortho nitro benzene ring substituents is 1. The van der Waals surface area contributed by atoms with Crippen LogP contribution in [-0.2, 0) is 14.8 Å². The van der Waals surface area contributed by atoms with Crippen LogP contribution >= 0.6 is 0 Å². The molecule has 10 nitrogen and oxygen atoms in total. The number of hydrogen-bond acceptors (Lipinski definition) is 7. The second kappa shape index (κ2) is 9.24. The van der Waals surface area contributed by atoms with Gasteiger partial charge in [-0.3, -0.25) is 19.2 Å². The molecular formula is C18H21N3O7S. The van der Waals surface area contributed by atoms with Crippen LogP contribution in [-0.4, -0.2) is 45.8 Å². The van der Waals surface area contributed by atoms with Crippen molar-refractivity contribution in [3.63, 3.8) is 0 Å². The Morgan fingerprint density at radius 3 is 2.48 bits per heavy atom. The summed E-state index contributed by atoms with van der Waals surface area (Å²) < 4.78 is 36.0. The number of ether oxygens (including phenoxy) is 2. The third kappa shape index (κ3) is 5.57. The summed E-state index contributed by atoms with van der Waals surface area (Å²) in [6.45, 7) is 1.56. The summed E-state index contributed by atoms with van der Waals surface area (Å²) in [7, 11) is -2.67. The molecule has 11 heteroatoms. The largest absolute Gasteiger partial charge is 0.495 e. The monoisotopic (exact) mass is 423 g/mol. The van der Waals surface area contributed by atoms with Crippen LogP contribution in [0.4, 0.5) is 17.1 Å². The van der Waals surface area contributed by atoms with Crippen molar-refractivity contribution in [2.24, 2.45) is 0 Å². The lowest BCUT2D eigenvalue weighted by atomic mass is 10.2. The lowest BCUT2D eigenvalue weighted by molar-refractivity contribution is -0.384. The number of sulfonamides is 1. The van der Waals surface area contributed by atoms with Gasteiger partial charge >= 0.3 is 0 Å². The van der Waals surface area contributed by atoms with Gasteiger partial charge in [0.25, 0.3) is 5.69 Å². The van der Waals surface area contributed by atoms with Gasteiger partial charge < -0.3 is 14.8 Å². The maximum atomic E-state index is 12.6. The molecule has 0 saturated heterocycles. The van der Waals surface area contributed by atoms with E-state index in [9.17, 15) is 23.3 Å². The fraction of sp³-hybridized carbons (Fsp3) is 0.278. The van der Waals surface area contributed by atoms with Crippen molar-refractivity contribution < 1.29 is 27.6 Å². The number of carbonyl (C=O) groups is 1. The molecule has 0 aliphatic rings. The molecule has 29 heavy (non-hydrogen) atoms. The quantitative estimate of drug-likeness (QED) is 0.484. The van der Waals surface area contributed by atoms with Crippen molar-refractivity contribution in [3.05, 3.63) is 52.6 Å². The number of amides is 1. The molecule has 0 aliphatic carbocycles. The van der Waals surface area contributed by atoms with Gasteiger partial charge in [-0.15, -0.1) is 0 Å². The minimum absolute atomic E-state index is 0.0727. The van der Waals surface area contributed by atoms with Crippen molar-refractivity contribution in [2.75, 3.05) is 36.1 Å². The molecule has 0 spiro atoms. The molecule has 0 saturated carbocycles. The second-order valence-electron chi connectivity index (χ2n) is 5.86. The maximum absolute atomic E-state index is 12.6. The topological polar surface area (TPSA) is 128 Å². The van der Waals surface area contributed by atoms with E-state index in [1.54, 1.807) is 31.2 Å². The Bertz CT molecular complexity index is 1010. The highest BCUT2D eigenvalue weighted by molar-refractivity contribution is 7.92. The van der Waals surface area contributed by atoms with Crippen LogP contribution in [0.1, 0.15) is 6.92 Å². The molecular weight excluding hydrogens is 402 g/mol. The Balaban J connectivity index is 2.37. The zero-order valence-electron chi connectivity index (χ0n) is 16.1. The molecule has 1 N–H and O–H groups in total. The lowest BCUT2D eigenvalue weighted by Crippen LogP contribution is -2.37. The van der Waals surface area contributed by atoms with Gasteiger partial charge in [0, 0.05) is 12.1 Å². The van der Waals surface area contributed by atoms with Gasteiger partial charge in [-0.2, -0.15) is 0 Å². The zero-order valence-corrected chi connectivity index (χ0v) is 16.9. The fourth-order valence-electron chi connectivity index (χ4n) is 2.54. The molecule has 0 atom stereocenters. The average Bonchev–Trinajstić information content (AvgIpc) is 2.66. The van der Waals surface area contributed by atoms with E-state index in [-0.39, 0.29) is 17.1 Å². The third-order valence-electron chi connectivity index (χ3n) is 3.79. The molecule has 2 aromatic rings. The average molecular weight is 423 g/mol. The summed E-state index contributed by atoms with van der Waals surface area (Å²) in [6.07, 6.45) is 0.896. The molecule has 0 aromatic heterocycles. The van der Waals surface area contributed by atoms with E-state index in [0.717, 1.165) is 16.6 Å². The number of carbonyl (C=O) groups excluding carboxylic acids is 1. The molecule has 0 radical (unpaired) electrons. The SMILES string of the molecule is CCOc1ccccc1NC(=O)CN(c1cc([N+](=O)[O-])ccc1OC)S(C)(=O)=O. The molecule has 0 aliphatic heterocycles. The summed E-state index contributed by atoms with van der Waals surface area (Å²) in [5, 5.41) is 13.7. The number of anilines is 2. The van der Waals surface area contributed by atoms with E-state index in [1.807, 2.05) is 0 Å². The molecule has 0 fully saturated rings. The van der Waals surface area contributed by atoms with E-state index < -0.39 is 27.4 Å².